The van der Waals surface area contributed by atoms with E-state index in [9.17, 15) is 0 Å². The molecule has 5 aliphatic rings. The third-order valence-corrected chi connectivity index (χ3v) is 8.77. The zero-order valence-corrected chi connectivity index (χ0v) is 27.0. The maximum absolute atomic E-state index is 5.54. The van der Waals surface area contributed by atoms with Gasteiger partial charge in [-0.25, -0.2) is 20.0 Å². The quantitative estimate of drug-likeness (QED) is 0.238. The van der Waals surface area contributed by atoms with Crippen LogP contribution in [-0.4, -0.2) is 42.6 Å². The van der Waals surface area contributed by atoms with Gasteiger partial charge in [0.1, 0.15) is 0 Å². The van der Waals surface area contributed by atoms with Gasteiger partial charge in [-0.05, 0) is 109 Å². The monoisotopic (exact) mass is 640 g/mol. The molecule has 0 N–H and O–H groups in total. The molecule has 0 spiro atoms. The van der Waals surface area contributed by atoms with Gasteiger partial charge in [0.2, 0.25) is 0 Å². The molecule has 5 rings (SSSR count). The van der Waals surface area contributed by atoms with Gasteiger partial charge in [0, 0.05) is 11.1 Å². The van der Waals surface area contributed by atoms with Crippen molar-refractivity contribution < 1.29 is 0 Å². The van der Waals surface area contributed by atoms with E-state index in [-0.39, 0.29) is 32.2 Å². The van der Waals surface area contributed by atoms with Gasteiger partial charge in [-0.15, -0.1) is 12.4 Å². The minimum atomic E-state index is 0. The number of hydrogen-bond donors (Lipinski definition) is 0. The maximum atomic E-state index is 5.54. The first kappa shape index (κ1) is 34.0. The van der Waals surface area contributed by atoms with Crippen LogP contribution < -0.4 is 0 Å². The average Bonchev–Trinajstić information content (AvgIpc) is 3.73. The molecule has 0 aromatic heterocycles. The van der Waals surface area contributed by atoms with Crippen molar-refractivity contribution in [2.45, 2.75) is 107 Å². The predicted octanol–water partition coefficient (Wildman–Crippen LogP) is 9.06. The van der Waals surface area contributed by atoms with Crippen molar-refractivity contribution in [1.82, 2.24) is 0 Å². The molecule has 42 heavy (non-hydrogen) atoms. The van der Waals surface area contributed by atoms with Crippen LogP contribution in [-0.2, 0) is 0 Å². The number of fused-ring (bicyclic) bond motifs is 4. The Morgan fingerprint density at radius 1 is 0.452 bits per heavy atom. The molecule has 222 valence electrons. The summed E-state index contributed by atoms with van der Waals surface area (Å²) in [6.07, 6.45) is 16.1. The first-order valence-electron chi connectivity index (χ1n) is 15.6. The molecular formula is C36H48ClGaN4. The van der Waals surface area contributed by atoms with E-state index in [0.29, 0.717) is 0 Å². The molecule has 6 heteroatoms. The Morgan fingerprint density at radius 3 is 1.48 bits per heavy atom. The Bertz CT molecular complexity index is 1540. The first-order valence-corrected chi connectivity index (χ1v) is 15.6. The summed E-state index contributed by atoms with van der Waals surface area (Å²) in [6, 6.07) is 0. The fourth-order valence-electron chi connectivity index (χ4n) is 6.92. The molecule has 0 saturated carbocycles. The average molecular weight is 642 g/mol. The predicted molar refractivity (Wildman–Crippen MR) is 190 cm³/mol. The fourth-order valence-corrected chi connectivity index (χ4v) is 6.92. The third-order valence-electron chi connectivity index (χ3n) is 8.77. The number of nitrogens with zero attached hydrogens (tertiary/aromatic N) is 4. The molecule has 0 atom stereocenters. The summed E-state index contributed by atoms with van der Waals surface area (Å²) in [5, 5.41) is 0. The van der Waals surface area contributed by atoms with Gasteiger partial charge in [-0.1, -0.05) is 55.4 Å². The van der Waals surface area contributed by atoms with Crippen LogP contribution in [0.1, 0.15) is 107 Å². The van der Waals surface area contributed by atoms with E-state index in [0.717, 1.165) is 97.0 Å². The number of allylic oxidation sites excluding steroid dienone is 12. The number of hydrogen-bond acceptors (Lipinski definition) is 4. The summed E-state index contributed by atoms with van der Waals surface area (Å²) < 4.78 is 0. The van der Waals surface area contributed by atoms with Gasteiger partial charge < -0.3 is 0 Å². The van der Waals surface area contributed by atoms with Gasteiger partial charge >= 0.3 is 19.8 Å². The summed E-state index contributed by atoms with van der Waals surface area (Å²) in [4.78, 5) is 21.2. The normalized spacial score (nSPS) is 19.6. The van der Waals surface area contributed by atoms with Crippen LogP contribution in [0.25, 0.3) is 0 Å². The molecular weight excluding hydrogens is 594 g/mol. The minimum absolute atomic E-state index is 0. The molecule has 0 amide bonds. The van der Waals surface area contributed by atoms with E-state index in [1.165, 1.54) is 44.6 Å². The molecule has 5 heterocycles. The molecule has 4 nitrogen and oxygen atoms in total. The number of halogens is 1. The summed E-state index contributed by atoms with van der Waals surface area (Å²) in [5.74, 6) is 0. The van der Waals surface area contributed by atoms with E-state index in [4.69, 9.17) is 20.0 Å². The van der Waals surface area contributed by atoms with Crippen LogP contribution >= 0.6 is 12.4 Å². The zero-order valence-electron chi connectivity index (χ0n) is 26.2. The summed E-state index contributed by atoms with van der Waals surface area (Å²) in [5.41, 5.74) is 19.3. The summed E-state index contributed by atoms with van der Waals surface area (Å²) in [7, 11) is 0. The number of rotatable bonds is 8. The molecule has 0 unspecified atom stereocenters. The molecule has 0 saturated heterocycles. The van der Waals surface area contributed by atoms with E-state index in [2.05, 4.69) is 79.7 Å². The Balaban J connectivity index is 0.00000242. The van der Waals surface area contributed by atoms with Gasteiger partial charge in [0.25, 0.3) is 0 Å². The Morgan fingerprint density at radius 2 is 0.929 bits per heavy atom. The summed E-state index contributed by atoms with van der Waals surface area (Å²) in [6.45, 7) is 18.1. The van der Waals surface area contributed by atoms with Crippen LogP contribution in [0, 0.1) is 0 Å². The van der Waals surface area contributed by atoms with Crippen molar-refractivity contribution in [2.24, 2.45) is 20.0 Å². The molecule has 8 bridgehead atoms. The second-order valence-corrected chi connectivity index (χ2v) is 10.7. The van der Waals surface area contributed by atoms with Crippen molar-refractivity contribution in [3.8, 4) is 0 Å². The Labute approximate surface area is 272 Å². The van der Waals surface area contributed by atoms with Crippen LogP contribution in [0.3, 0.4) is 0 Å². The van der Waals surface area contributed by atoms with Crippen molar-refractivity contribution in [3.05, 3.63) is 91.7 Å². The fraction of sp³-hybridized carbons (Fsp3) is 0.444. The van der Waals surface area contributed by atoms with Crippen LogP contribution in [0.5, 0.6) is 0 Å². The Kier molecular flexibility index (Phi) is 11.6. The topological polar surface area (TPSA) is 49.4 Å². The van der Waals surface area contributed by atoms with Gasteiger partial charge in [0.05, 0.1) is 45.6 Å². The summed E-state index contributed by atoms with van der Waals surface area (Å²) >= 11 is 0. The first-order chi connectivity index (χ1) is 19.5. The third kappa shape index (κ3) is 5.60. The SMILES string of the molecule is CCC1=C(CC)C2=NC1=CC1=NC(=CC3=NC(=C(CC)C4=NC(=C2CC)C(CC)=C4CC)C(CC)=C3CC)C=C1.Cl.[GaH3]. The zero-order chi connectivity index (χ0) is 28.6. The second kappa shape index (κ2) is 14.3. The van der Waals surface area contributed by atoms with Crippen molar-refractivity contribution in [1.29, 1.82) is 0 Å². The molecule has 0 aliphatic carbocycles. The van der Waals surface area contributed by atoms with E-state index >= 15 is 0 Å². The number of aliphatic imine (C=N–C) groups is 4. The second-order valence-electron chi connectivity index (χ2n) is 10.7. The van der Waals surface area contributed by atoms with E-state index < -0.39 is 0 Å². The van der Waals surface area contributed by atoms with Crippen molar-refractivity contribution in [2.75, 3.05) is 0 Å². The van der Waals surface area contributed by atoms with Gasteiger partial charge in [-0.2, -0.15) is 0 Å². The molecule has 0 fully saturated rings. The Hall–Kier alpha value is -2.47. The van der Waals surface area contributed by atoms with Crippen molar-refractivity contribution >= 4 is 55.0 Å². The van der Waals surface area contributed by atoms with E-state index in [1.54, 1.807) is 0 Å². The van der Waals surface area contributed by atoms with Crippen LogP contribution in [0.4, 0.5) is 0 Å². The van der Waals surface area contributed by atoms with Crippen LogP contribution in [0.15, 0.2) is 112 Å². The van der Waals surface area contributed by atoms with E-state index in [1.807, 2.05) is 0 Å². The standard InChI is InChI=1S/C36H44N4.ClH.Ga.3H/c1-9-23-25(11-3)33-29(15-7)35-27(13-5)28(14-6)36(40-35)30(16-8)34-26(12-4)24(10-2)32(39-34)20-22-18-17-21(37-22)19-31(23)38-33;;;;;/h17-20H,9-16H2,1-8H3;1H;;;;. The van der Waals surface area contributed by atoms with Gasteiger partial charge in [-0.3, -0.25) is 0 Å². The van der Waals surface area contributed by atoms with Crippen LogP contribution in [0.2, 0.25) is 0 Å². The molecule has 0 radical (unpaired) electrons. The molecule has 0 aromatic rings. The molecule has 5 aliphatic heterocycles. The van der Waals surface area contributed by atoms with Gasteiger partial charge in [0.15, 0.2) is 0 Å². The molecule has 0 aromatic carbocycles. The van der Waals surface area contributed by atoms with Crippen molar-refractivity contribution in [3.63, 3.8) is 0 Å².